The summed E-state index contributed by atoms with van der Waals surface area (Å²) < 4.78 is 45.7. The van der Waals surface area contributed by atoms with Crippen LogP contribution in [0.25, 0.3) is 10.8 Å². The van der Waals surface area contributed by atoms with Gasteiger partial charge in [-0.25, -0.2) is 4.98 Å². The number of ether oxygens (including phenoxy) is 1. The van der Waals surface area contributed by atoms with E-state index in [9.17, 15) is 13.2 Å². The van der Waals surface area contributed by atoms with E-state index in [1.165, 1.54) is 13.0 Å². The molecular formula is C21H23F3N6O. The number of likely N-dealkylation sites (tertiary alicyclic amines) is 1. The summed E-state index contributed by atoms with van der Waals surface area (Å²) in [7, 11) is 2.01. The molecule has 7 nitrogen and oxygen atoms in total. The van der Waals surface area contributed by atoms with Crippen LogP contribution in [-0.2, 0) is 6.18 Å². The van der Waals surface area contributed by atoms with Gasteiger partial charge in [0.1, 0.15) is 12.3 Å². The number of rotatable bonds is 5. The summed E-state index contributed by atoms with van der Waals surface area (Å²) in [6.07, 6.45) is -3.65. The Morgan fingerprint density at radius 1 is 1.19 bits per heavy atom. The van der Waals surface area contributed by atoms with Gasteiger partial charge >= 0.3 is 6.18 Å². The Balaban J connectivity index is 1.65. The van der Waals surface area contributed by atoms with Crippen molar-refractivity contribution in [2.75, 3.05) is 25.5 Å². The average Bonchev–Trinajstić information content (AvgIpc) is 2.68. The molecule has 10 heteroatoms. The molecule has 1 atom stereocenters. The minimum Gasteiger partial charge on any atom is -0.472 e. The third kappa shape index (κ3) is 4.26. The molecule has 0 saturated carbocycles. The van der Waals surface area contributed by atoms with Gasteiger partial charge in [0.2, 0.25) is 5.88 Å². The van der Waals surface area contributed by atoms with E-state index in [1.807, 2.05) is 7.05 Å². The average molecular weight is 432 g/mol. The molecule has 1 aliphatic heterocycles. The lowest BCUT2D eigenvalue weighted by Gasteiger charge is -2.35. The largest absolute Gasteiger partial charge is 0.472 e. The predicted molar refractivity (Wildman–Crippen MR) is 111 cm³/mol. The molecule has 0 unspecified atom stereocenters. The lowest BCUT2D eigenvalue weighted by molar-refractivity contribution is -0.138. The minimum absolute atomic E-state index is 0.0669. The third-order valence-corrected chi connectivity index (χ3v) is 5.45. The normalized spacial score (nSPS) is 16.2. The van der Waals surface area contributed by atoms with Gasteiger partial charge in [0, 0.05) is 36.1 Å². The van der Waals surface area contributed by atoms with Gasteiger partial charge in [0.25, 0.3) is 0 Å². The number of halogens is 3. The number of alkyl halides is 3. The first kappa shape index (κ1) is 21.3. The number of nitrogens with one attached hydrogen (secondary N) is 1. The zero-order valence-corrected chi connectivity index (χ0v) is 17.4. The number of nitrogens with zero attached hydrogens (tertiary/aromatic N) is 4. The van der Waals surface area contributed by atoms with Gasteiger partial charge in [0.05, 0.1) is 11.3 Å². The van der Waals surface area contributed by atoms with Crippen LogP contribution in [0.2, 0.25) is 0 Å². The van der Waals surface area contributed by atoms with Gasteiger partial charge in [-0.15, -0.1) is 5.10 Å². The number of hydrogen-bond acceptors (Lipinski definition) is 7. The molecule has 3 heterocycles. The second-order valence-electron chi connectivity index (χ2n) is 7.80. The van der Waals surface area contributed by atoms with Crippen LogP contribution in [0.15, 0.2) is 30.5 Å². The monoisotopic (exact) mass is 432 g/mol. The van der Waals surface area contributed by atoms with E-state index in [-0.39, 0.29) is 11.7 Å². The highest BCUT2D eigenvalue weighted by Crippen LogP contribution is 2.35. The van der Waals surface area contributed by atoms with E-state index in [0.717, 1.165) is 24.5 Å². The number of aromatic nitrogens is 3. The summed E-state index contributed by atoms with van der Waals surface area (Å²) in [5.74, 6) is 0.799. The number of benzene rings is 1. The highest BCUT2D eigenvalue weighted by atomic mass is 19.4. The Morgan fingerprint density at radius 3 is 2.61 bits per heavy atom. The first-order valence-corrected chi connectivity index (χ1v) is 9.80. The van der Waals surface area contributed by atoms with E-state index >= 15 is 0 Å². The second kappa shape index (κ2) is 7.93. The van der Waals surface area contributed by atoms with Crippen molar-refractivity contribution in [3.05, 3.63) is 52.8 Å². The van der Waals surface area contributed by atoms with Crippen molar-refractivity contribution in [2.45, 2.75) is 32.3 Å². The SMILES string of the molecule is Cc1c([C@@H](N)Nc2nnc(C)c3cnc(OC4CN(C)C4)cc23)cccc1C(F)(F)F. The Morgan fingerprint density at radius 2 is 1.94 bits per heavy atom. The summed E-state index contributed by atoms with van der Waals surface area (Å²) in [6, 6.07) is 5.70. The van der Waals surface area contributed by atoms with Crippen molar-refractivity contribution >= 4 is 16.6 Å². The smallest absolute Gasteiger partial charge is 0.416 e. The Hall–Kier alpha value is -2.98. The fourth-order valence-corrected chi connectivity index (χ4v) is 3.73. The van der Waals surface area contributed by atoms with Gasteiger partial charge in [0.15, 0.2) is 5.82 Å². The number of anilines is 1. The number of fused-ring (bicyclic) bond motifs is 1. The van der Waals surface area contributed by atoms with E-state index in [1.54, 1.807) is 25.3 Å². The molecule has 2 aromatic heterocycles. The fourth-order valence-electron chi connectivity index (χ4n) is 3.73. The van der Waals surface area contributed by atoms with Gasteiger partial charge < -0.3 is 15.8 Å². The standard InChI is InChI=1S/C21H23F3N6O/c1-11-14(5-4-6-17(11)21(22,23)24)19(25)27-20-15-7-18(31-13-9-30(3)10-13)26-8-16(15)12(2)28-29-20/h4-8,13,19H,9-10,25H2,1-3H3,(H,27,29)/t19-/m0/s1. The molecule has 3 aromatic rings. The van der Waals surface area contributed by atoms with Crippen LogP contribution >= 0.6 is 0 Å². The molecule has 0 radical (unpaired) electrons. The van der Waals surface area contributed by atoms with Crippen molar-refractivity contribution in [2.24, 2.45) is 5.73 Å². The third-order valence-electron chi connectivity index (χ3n) is 5.45. The number of nitrogens with two attached hydrogens (primary N) is 1. The zero-order chi connectivity index (χ0) is 22.3. The molecule has 1 aliphatic rings. The Bertz CT molecular complexity index is 1110. The maximum Gasteiger partial charge on any atom is 0.416 e. The van der Waals surface area contributed by atoms with Crippen LogP contribution in [0.1, 0.15) is 28.6 Å². The maximum absolute atomic E-state index is 13.3. The van der Waals surface area contributed by atoms with Crippen LogP contribution in [0, 0.1) is 13.8 Å². The molecule has 3 N–H and O–H groups in total. The van der Waals surface area contributed by atoms with Gasteiger partial charge in [-0.3, -0.25) is 4.90 Å². The van der Waals surface area contributed by atoms with Crippen molar-refractivity contribution in [3.8, 4) is 5.88 Å². The van der Waals surface area contributed by atoms with Crippen LogP contribution in [0.5, 0.6) is 5.88 Å². The summed E-state index contributed by atoms with van der Waals surface area (Å²) in [6.45, 7) is 4.85. The van der Waals surface area contributed by atoms with Crippen LogP contribution in [0.4, 0.5) is 19.0 Å². The van der Waals surface area contributed by atoms with E-state index in [4.69, 9.17) is 10.5 Å². The minimum atomic E-state index is -4.45. The zero-order valence-electron chi connectivity index (χ0n) is 17.4. The molecule has 0 spiro atoms. The lowest BCUT2D eigenvalue weighted by Crippen LogP contribution is -2.51. The van der Waals surface area contributed by atoms with Gasteiger partial charge in [-0.2, -0.15) is 18.3 Å². The highest BCUT2D eigenvalue weighted by Gasteiger charge is 2.33. The lowest BCUT2D eigenvalue weighted by atomic mass is 10.00. The molecule has 1 fully saturated rings. The molecule has 1 aromatic carbocycles. The Labute approximate surface area is 177 Å². The summed E-state index contributed by atoms with van der Waals surface area (Å²) in [5.41, 5.74) is 6.59. The van der Waals surface area contributed by atoms with Crippen LogP contribution in [-0.4, -0.2) is 46.3 Å². The quantitative estimate of drug-likeness (QED) is 0.597. The van der Waals surface area contributed by atoms with Crippen LogP contribution < -0.4 is 15.8 Å². The fraction of sp³-hybridized carbons (Fsp3) is 0.381. The predicted octanol–water partition coefficient (Wildman–Crippen LogP) is 3.42. The van der Waals surface area contributed by atoms with Crippen molar-refractivity contribution < 1.29 is 17.9 Å². The van der Waals surface area contributed by atoms with Crippen molar-refractivity contribution in [1.29, 1.82) is 0 Å². The van der Waals surface area contributed by atoms with E-state index < -0.39 is 17.9 Å². The molecule has 164 valence electrons. The number of aryl methyl sites for hydroxylation is 1. The van der Waals surface area contributed by atoms with E-state index in [2.05, 4.69) is 25.4 Å². The first-order chi connectivity index (χ1) is 14.6. The summed E-state index contributed by atoms with van der Waals surface area (Å²) in [5, 5.41) is 12.8. The molecule has 0 bridgehead atoms. The molecule has 0 aliphatic carbocycles. The molecule has 0 amide bonds. The summed E-state index contributed by atoms with van der Waals surface area (Å²) in [4.78, 5) is 6.48. The number of pyridine rings is 1. The molecule has 31 heavy (non-hydrogen) atoms. The molecular weight excluding hydrogens is 409 g/mol. The Kier molecular flexibility index (Phi) is 5.44. The second-order valence-corrected chi connectivity index (χ2v) is 7.80. The summed E-state index contributed by atoms with van der Waals surface area (Å²) >= 11 is 0. The first-order valence-electron chi connectivity index (χ1n) is 9.80. The molecule has 1 saturated heterocycles. The van der Waals surface area contributed by atoms with Crippen LogP contribution in [0.3, 0.4) is 0 Å². The maximum atomic E-state index is 13.3. The van der Waals surface area contributed by atoms with Crippen molar-refractivity contribution in [1.82, 2.24) is 20.1 Å². The number of likely N-dealkylation sites (N-methyl/N-ethyl adjacent to an activating group) is 1. The number of hydrogen-bond donors (Lipinski definition) is 2. The van der Waals surface area contributed by atoms with E-state index in [0.29, 0.717) is 28.3 Å². The van der Waals surface area contributed by atoms with Crippen molar-refractivity contribution in [3.63, 3.8) is 0 Å². The van der Waals surface area contributed by atoms with Gasteiger partial charge in [-0.1, -0.05) is 12.1 Å². The highest BCUT2D eigenvalue weighted by molar-refractivity contribution is 5.93. The molecule has 4 rings (SSSR count). The van der Waals surface area contributed by atoms with Gasteiger partial charge in [-0.05, 0) is 38.1 Å². The topological polar surface area (TPSA) is 89.2 Å².